The SMILES string of the molecule is COC(OC)C1OC(C)(C)OC1C(=O)COS(=O)(=O)c1ccc(C)cc1. The Morgan fingerprint density at radius 3 is 2.27 bits per heavy atom. The van der Waals surface area contributed by atoms with E-state index in [2.05, 4.69) is 0 Å². The van der Waals surface area contributed by atoms with Gasteiger partial charge >= 0.3 is 0 Å². The van der Waals surface area contributed by atoms with E-state index in [0.717, 1.165) is 5.56 Å². The molecule has 1 aromatic carbocycles. The number of hydrogen-bond acceptors (Lipinski definition) is 8. The normalized spacial score (nSPS) is 22.7. The molecule has 0 radical (unpaired) electrons. The number of ketones is 1. The summed E-state index contributed by atoms with van der Waals surface area (Å²) in [4.78, 5) is 12.5. The monoisotopic (exact) mass is 388 g/mol. The fourth-order valence-electron chi connectivity index (χ4n) is 2.59. The van der Waals surface area contributed by atoms with Gasteiger partial charge in [0.15, 0.2) is 24.0 Å². The molecule has 0 spiro atoms. The highest BCUT2D eigenvalue weighted by Gasteiger charge is 2.49. The lowest BCUT2D eigenvalue weighted by atomic mass is 10.1. The third-order valence-corrected chi connectivity index (χ3v) is 5.12. The van der Waals surface area contributed by atoms with Crippen LogP contribution in [0.15, 0.2) is 29.2 Å². The van der Waals surface area contributed by atoms with Gasteiger partial charge in [-0.2, -0.15) is 8.42 Å². The Morgan fingerprint density at radius 2 is 1.73 bits per heavy atom. The Balaban J connectivity index is 2.09. The number of carbonyl (C=O) groups is 1. The van der Waals surface area contributed by atoms with Crippen LogP contribution in [0.1, 0.15) is 19.4 Å². The number of ether oxygens (including phenoxy) is 4. The smallest absolute Gasteiger partial charge is 0.297 e. The van der Waals surface area contributed by atoms with E-state index < -0.39 is 46.8 Å². The lowest BCUT2D eigenvalue weighted by Gasteiger charge is -2.23. The third kappa shape index (κ3) is 4.87. The van der Waals surface area contributed by atoms with Gasteiger partial charge in [0.1, 0.15) is 12.7 Å². The Hall–Kier alpha value is -1.36. The van der Waals surface area contributed by atoms with E-state index in [4.69, 9.17) is 23.1 Å². The molecule has 2 rings (SSSR count). The summed E-state index contributed by atoms with van der Waals surface area (Å²) in [5, 5.41) is 0. The lowest BCUT2D eigenvalue weighted by molar-refractivity contribution is -0.201. The van der Waals surface area contributed by atoms with Gasteiger partial charge in [-0.25, -0.2) is 0 Å². The molecular weight excluding hydrogens is 364 g/mol. The van der Waals surface area contributed by atoms with Crippen molar-refractivity contribution < 1.29 is 36.3 Å². The van der Waals surface area contributed by atoms with Crippen LogP contribution in [-0.4, -0.2) is 59.3 Å². The zero-order valence-electron chi connectivity index (χ0n) is 15.4. The van der Waals surface area contributed by atoms with E-state index in [-0.39, 0.29) is 4.90 Å². The van der Waals surface area contributed by atoms with Crippen molar-refractivity contribution in [2.45, 2.75) is 50.0 Å². The van der Waals surface area contributed by atoms with Crippen molar-refractivity contribution in [3.05, 3.63) is 29.8 Å². The van der Waals surface area contributed by atoms with Gasteiger partial charge in [0.05, 0.1) is 4.90 Å². The summed E-state index contributed by atoms with van der Waals surface area (Å²) in [7, 11) is -1.25. The first kappa shape index (κ1) is 20.9. The molecule has 1 heterocycles. The minimum Gasteiger partial charge on any atom is -0.353 e. The molecule has 1 aliphatic rings. The molecule has 26 heavy (non-hydrogen) atoms. The average molecular weight is 388 g/mol. The molecule has 2 atom stereocenters. The van der Waals surface area contributed by atoms with Gasteiger partial charge in [-0.1, -0.05) is 17.7 Å². The predicted molar refractivity (Wildman–Crippen MR) is 91.0 cm³/mol. The third-order valence-electron chi connectivity index (χ3n) is 3.85. The average Bonchev–Trinajstić information content (AvgIpc) is 2.90. The second kappa shape index (κ2) is 8.12. The largest absolute Gasteiger partial charge is 0.353 e. The standard InChI is InChI=1S/C17H24O8S/c1-11-6-8-12(9-7-11)26(19,20)23-10-13(18)14-15(16(21-4)22-5)25-17(2,3)24-14/h6-9,14-16H,10H2,1-5H3. The highest BCUT2D eigenvalue weighted by atomic mass is 32.2. The maximum atomic E-state index is 12.5. The zero-order chi connectivity index (χ0) is 19.5. The minimum atomic E-state index is -4.06. The van der Waals surface area contributed by atoms with Crippen LogP contribution in [0.2, 0.25) is 0 Å². The molecule has 0 bridgehead atoms. The van der Waals surface area contributed by atoms with Gasteiger partial charge in [0, 0.05) is 14.2 Å². The van der Waals surface area contributed by atoms with Gasteiger partial charge in [-0.05, 0) is 32.9 Å². The summed E-state index contributed by atoms with van der Waals surface area (Å²) in [6.45, 7) is 4.43. The van der Waals surface area contributed by atoms with Crippen molar-refractivity contribution in [1.29, 1.82) is 0 Å². The number of aryl methyl sites for hydroxylation is 1. The van der Waals surface area contributed by atoms with Crippen LogP contribution in [0.25, 0.3) is 0 Å². The molecule has 146 valence electrons. The second-order valence-corrected chi connectivity index (χ2v) is 7.97. The van der Waals surface area contributed by atoms with Gasteiger partial charge in [0.25, 0.3) is 10.1 Å². The summed E-state index contributed by atoms with van der Waals surface area (Å²) in [6.07, 6.45) is -2.78. The molecule has 9 heteroatoms. The minimum absolute atomic E-state index is 0.0250. The van der Waals surface area contributed by atoms with Crippen molar-refractivity contribution in [3.63, 3.8) is 0 Å². The number of hydrogen-bond donors (Lipinski definition) is 0. The molecule has 0 saturated carbocycles. The first-order valence-corrected chi connectivity index (χ1v) is 9.40. The molecule has 0 N–H and O–H groups in total. The van der Waals surface area contributed by atoms with E-state index in [1.807, 2.05) is 6.92 Å². The van der Waals surface area contributed by atoms with E-state index in [1.54, 1.807) is 26.0 Å². The molecule has 1 aliphatic heterocycles. The van der Waals surface area contributed by atoms with E-state index >= 15 is 0 Å². The van der Waals surface area contributed by atoms with Gasteiger partial charge in [-0.3, -0.25) is 8.98 Å². The van der Waals surface area contributed by atoms with E-state index in [1.165, 1.54) is 26.4 Å². The van der Waals surface area contributed by atoms with Crippen LogP contribution in [0, 0.1) is 6.92 Å². The van der Waals surface area contributed by atoms with Crippen molar-refractivity contribution in [2.24, 2.45) is 0 Å². The number of rotatable bonds is 8. The number of carbonyl (C=O) groups excluding carboxylic acids is 1. The molecule has 0 aliphatic carbocycles. The van der Waals surface area contributed by atoms with Gasteiger partial charge in [0.2, 0.25) is 0 Å². The van der Waals surface area contributed by atoms with Crippen LogP contribution in [0.3, 0.4) is 0 Å². The second-order valence-electron chi connectivity index (χ2n) is 6.36. The maximum absolute atomic E-state index is 12.5. The van der Waals surface area contributed by atoms with Crippen LogP contribution < -0.4 is 0 Å². The summed E-state index contributed by atoms with van der Waals surface area (Å²) in [5.41, 5.74) is 0.909. The fourth-order valence-corrected chi connectivity index (χ4v) is 3.47. The molecule has 1 aromatic rings. The quantitative estimate of drug-likeness (QED) is 0.487. The van der Waals surface area contributed by atoms with Crippen LogP contribution in [-0.2, 0) is 38.0 Å². The predicted octanol–water partition coefficient (Wildman–Crippen LogP) is 1.41. The fraction of sp³-hybridized carbons (Fsp3) is 0.588. The van der Waals surface area contributed by atoms with Crippen LogP contribution in [0.5, 0.6) is 0 Å². The van der Waals surface area contributed by atoms with Gasteiger partial charge in [-0.15, -0.1) is 0 Å². The Labute approximate surface area is 153 Å². The van der Waals surface area contributed by atoms with Crippen LogP contribution >= 0.6 is 0 Å². The highest BCUT2D eigenvalue weighted by Crippen LogP contribution is 2.31. The van der Waals surface area contributed by atoms with Crippen molar-refractivity contribution in [1.82, 2.24) is 0 Å². The maximum Gasteiger partial charge on any atom is 0.297 e. The molecule has 1 saturated heterocycles. The first-order chi connectivity index (χ1) is 12.1. The van der Waals surface area contributed by atoms with Crippen molar-refractivity contribution in [2.75, 3.05) is 20.8 Å². The molecular formula is C17H24O8S. The van der Waals surface area contributed by atoms with Crippen molar-refractivity contribution in [3.8, 4) is 0 Å². The summed E-state index contributed by atoms with van der Waals surface area (Å²) in [6, 6.07) is 6.13. The van der Waals surface area contributed by atoms with Crippen LogP contribution in [0.4, 0.5) is 0 Å². The van der Waals surface area contributed by atoms with Crippen molar-refractivity contribution >= 4 is 15.9 Å². The number of benzene rings is 1. The lowest BCUT2D eigenvalue weighted by Crippen LogP contribution is -2.43. The summed E-state index contributed by atoms with van der Waals surface area (Å²) >= 11 is 0. The molecule has 1 fully saturated rings. The summed E-state index contributed by atoms with van der Waals surface area (Å²) < 4.78 is 50.9. The molecule has 0 amide bonds. The Morgan fingerprint density at radius 1 is 1.15 bits per heavy atom. The van der Waals surface area contributed by atoms with E-state index in [9.17, 15) is 13.2 Å². The van der Waals surface area contributed by atoms with Gasteiger partial charge < -0.3 is 18.9 Å². The molecule has 0 aromatic heterocycles. The first-order valence-electron chi connectivity index (χ1n) is 7.99. The molecule has 2 unspecified atom stereocenters. The number of Topliss-reactive ketones (excluding diaryl/α,β-unsaturated/α-hetero) is 1. The topological polar surface area (TPSA) is 97.4 Å². The Bertz CT molecular complexity index is 722. The zero-order valence-corrected chi connectivity index (χ0v) is 16.2. The summed E-state index contributed by atoms with van der Waals surface area (Å²) in [5.74, 6) is -1.63. The highest BCUT2D eigenvalue weighted by molar-refractivity contribution is 7.86. The number of methoxy groups -OCH3 is 2. The Kier molecular flexibility index (Phi) is 6.54. The van der Waals surface area contributed by atoms with E-state index in [0.29, 0.717) is 0 Å². The molecule has 8 nitrogen and oxygen atoms in total.